The minimum Gasteiger partial charge on any atom is -0.294 e. The zero-order valence-corrected chi connectivity index (χ0v) is 7.55. The van der Waals surface area contributed by atoms with Gasteiger partial charge in [0.25, 0.3) is 0 Å². The summed E-state index contributed by atoms with van der Waals surface area (Å²) in [4.78, 5) is 0. The third-order valence-electron chi connectivity index (χ3n) is 1.47. The summed E-state index contributed by atoms with van der Waals surface area (Å²) in [5, 5.41) is 4.23. The second-order valence-corrected chi connectivity index (χ2v) is 2.64. The predicted octanol–water partition coefficient (Wildman–Crippen LogP) is 2.91. The zero-order chi connectivity index (χ0) is 8.36. The van der Waals surface area contributed by atoms with Gasteiger partial charge < -0.3 is 0 Å². The van der Waals surface area contributed by atoms with Gasteiger partial charge in [0.2, 0.25) is 0 Å². The van der Waals surface area contributed by atoms with Crippen molar-refractivity contribution >= 4 is 0 Å². The van der Waals surface area contributed by atoms with Gasteiger partial charge in [0.05, 0.1) is 0 Å². The van der Waals surface area contributed by atoms with E-state index in [1.807, 2.05) is 6.20 Å². The van der Waals surface area contributed by atoms with Gasteiger partial charge in [0, 0.05) is 12.7 Å². The van der Waals surface area contributed by atoms with Crippen molar-refractivity contribution in [1.29, 1.82) is 0 Å². The van der Waals surface area contributed by atoms with Gasteiger partial charge in [0.1, 0.15) is 0 Å². The average molecular weight is 153 g/mol. The summed E-state index contributed by atoms with van der Waals surface area (Å²) >= 11 is 0. The molecule has 64 valence electrons. The molecule has 0 spiro atoms. The third kappa shape index (κ3) is 9.54. The molecule has 0 aliphatic rings. The average Bonchev–Trinajstić information content (AvgIpc) is 2.03. The fraction of sp³-hybridized carbons (Fsp3) is 0.700. The molecule has 1 nitrogen and oxygen atoms in total. The molecule has 2 radical (unpaired) electrons. The van der Waals surface area contributed by atoms with Gasteiger partial charge in [-0.15, -0.1) is 0 Å². The molecule has 0 atom stereocenters. The number of rotatable bonds is 7. The van der Waals surface area contributed by atoms with Crippen molar-refractivity contribution < 1.29 is 0 Å². The van der Waals surface area contributed by atoms with Crippen molar-refractivity contribution in [1.82, 2.24) is 5.32 Å². The number of nitrogens with zero attached hydrogens (tertiary/aromatic N) is 1. The summed E-state index contributed by atoms with van der Waals surface area (Å²) in [6, 6.07) is 0. The maximum atomic E-state index is 4.23. The summed E-state index contributed by atoms with van der Waals surface area (Å²) in [6.45, 7) is 6.93. The number of hydrogen-bond acceptors (Lipinski definition) is 0. The number of hydrogen-bond donors (Lipinski definition) is 0. The van der Waals surface area contributed by atoms with E-state index in [4.69, 9.17) is 0 Å². The highest BCUT2D eigenvalue weighted by Gasteiger charge is 1.81. The molecule has 1 heteroatoms. The van der Waals surface area contributed by atoms with Crippen LogP contribution in [0.1, 0.15) is 39.0 Å². The van der Waals surface area contributed by atoms with E-state index in [1.165, 1.54) is 19.3 Å². The molecule has 0 aliphatic carbocycles. The van der Waals surface area contributed by atoms with Crippen LogP contribution in [-0.2, 0) is 0 Å². The largest absolute Gasteiger partial charge is 0.294 e. The maximum absolute atomic E-state index is 4.23. The highest BCUT2D eigenvalue weighted by molar-refractivity contribution is 4.78. The van der Waals surface area contributed by atoms with Crippen LogP contribution in [0.25, 0.3) is 0 Å². The second-order valence-electron chi connectivity index (χ2n) is 2.64. The van der Waals surface area contributed by atoms with E-state index >= 15 is 0 Å². The first-order valence-corrected chi connectivity index (χ1v) is 4.52. The molecule has 0 saturated heterocycles. The fourth-order valence-electron chi connectivity index (χ4n) is 0.735. The van der Waals surface area contributed by atoms with Gasteiger partial charge in [0.15, 0.2) is 0 Å². The molecular weight excluding hydrogens is 134 g/mol. The Morgan fingerprint density at radius 2 is 2.18 bits per heavy atom. The van der Waals surface area contributed by atoms with Crippen LogP contribution in [0.3, 0.4) is 0 Å². The zero-order valence-electron chi connectivity index (χ0n) is 7.55. The monoisotopic (exact) mass is 153 g/mol. The van der Waals surface area contributed by atoms with Gasteiger partial charge in [-0.2, -0.15) is 0 Å². The highest BCUT2D eigenvalue weighted by Crippen LogP contribution is 1.93. The summed E-state index contributed by atoms with van der Waals surface area (Å²) < 4.78 is 0. The molecule has 0 rings (SSSR count). The van der Waals surface area contributed by atoms with Crippen LogP contribution in [0.4, 0.5) is 0 Å². The summed E-state index contributed by atoms with van der Waals surface area (Å²) in [6.07, 6.45) is 9.83. The lowest BCUT2D eigenvalue weighted by molar-refractivity contribution is 0.723. The van der Waals surface area contributed by atoms with E-state index in [-0.39, 0.29) is 0 Å². The van der Waals surface area contributed by atoms with Crippen molar-refractivity contribution in [2.24, 2.45) is 0 Å². The van der Waals surface area contributed by atoms with Gasteiger partial charge in [-0.1, -0.05) is 32.8 Å². The van der Waals surface area contributed by atoms with E-state index in [0.717, 1.165) is 19.4 Å². The summed E-state index contributed by atoms with van der Waals surface area (Å²) in [5.41, 5.74) is 0. The molecule has 0 unspecified atom stereocenters. The Morgan fingerprint density at radius 1 is 1.36 bits per heavy atom. The van der Waals surface area contributed by atoms with Gasteiger partial charge in [-0.25, -0.2) is 0 Å². The molecule has 0 amide bonds. The van der Waals surface area contributed by atoms with Crippen LogP contribution in [0.15, 0.2) is 12.3 Å². The van der Waals surface area contributed by atoms with E-state index in [1.54, 1.807) is 0 Å². The van der Waals surface area contributed by atoms with Crippen molar-refractivity contribution in [2.75, 3.05) is 6.54 Å². The summed E-state index contributed by atoms with van der Waals surface area (Å²) in [5.74, 6) is 0. The van der Waals surface area contributed by atoms with Crippen LogP contribution in [0.2, 0.25) is 0 Å². The van der Waals surface area contributed by atoms with E-state index in [0.29, 0.717) is 0 Å². The Balaban J connectivity index is 2.91. The van der Waals surface area contributed by atoms with Crippen molar-refractivity contribution in [2.45, 2.75) is 39.0 Å². The predicted molar refractivity (Wildman–Crippen MR) is 50.3 cm³/mol. The quantitative estimate of drug-likeness (QED) is 0.499. The topological polar surface area (TPSA) is 14.1 Å². The van der Waals surface area contributed by atoms with Crippen molar-refractivity contribution in [3.8, 4) is 0 Å². The van der Waals surface area contributed by atoms with E-state index < -0.39 is 0 Å². The highest BCUT2D eigenvalue weighted by atomic mass is 14.8. The Hall–Kier alpha value is -0.460. The molecule has 0 aliphatic heterocycles. The molecule has 0 heterocycles. The molecule has 0 fully saturated rings. The first-order chi connectivity index (χ1) is 5.41. The minimum absolute atomic E-state index is 0.984. The van der Waals surface area contributed by atoms with Crippen LogP contribution in [0, 0.1) is 6.92 Å². The van der Waals surface area contributed by atoms with Crippen LogP contribution < -0.4 is 5.32 Å². The molecule has 0 bridgehead atoms. The minimum atomic E-state index is 0.984. The van der Waals surface area contributed by atoms with Gasteiger partial charge in [-0.3, -0.25) is 5.32 Å². The first kappa shape index (κ1) is 10.5. The molecular formula is C10H19N. The third-order valence-corrected chi connectivity index (χ3v) is 1.47. The van der Waals surface area contributed by atoms with E-state index in [2.05, 4.69) is 25.2 Å². The lowest BCUT2D eigenvalue weighted by Gasteiger charge is -1.93. The second kappa shape index (κ2) is 9.54. The Labute approximate surface area is 70.9 Å². The van der Waals surface area contributed by atoms with Gasteiger partial charge >= 0.3 is 0 Å². The van der Waals surface area contributed by atoms with Crippen LogP contribution in [-0.4, -0.2) is 6.54 Å². The number of allylic oxidation sites excluding steroid dienone is 1. The molecule has 0 aromatic rings. The van der Waals surface area contributed by atoms with Crippen molar-refractivity contribution in [3.05, 3.63) is 19.2 Å². The Kier molecular flexibility index (Phi) is 9.14. The summed E-state index contributed by atoms with van der Waals surface area (Å²) in [7, 11) is 0. The SMILES string of the molecule is [CH2]CCCC=C[N]CCCC. The van der Waals surface area contributed by atoms with Crippen molar-refractivity contribution in [3.63, 3.8) is 0 Å². The normalized spacial score (nSPS) is 10.7. The van der Waals surface area contributed by atoms with Crippen LogP contribution >= 0.6 is 0 Å². The van der Waals surface area contributed by atoms with Gasteiger partial charge in [-0.05, 0) is 19.3 Å². The molecule has 11 heavy (non-hydrogen) atoms. The molecule has 0 aromatic carbocycles. The molecule has 0 saturated carbocycles. The Morgan fingerprint density at radius 3 is 2.82 bits per heavy atom. The first-order valence-electron chi connectivity index (χ1n) is 4.52. The fourth-order valence-corrected chi connectivity index (χ4v) is 0.735. The molecule has 0 N–H and O–H groups in total. The number of unbranched alkanes of at least 4 members (excludes halogenated alkanes) is 3. The standard InChI is InChI=1S/C10H19N/c1-3-5-7-8-10-11-9-6-4-2/h8,10H,1,3-7,9H2,2H3. The maximum Gasteiger partial charge on any atom is 0.0389 e. The van der Waals surface area contributed by atoms with E-state index in [9.17, 15) is 0 Å². The van der Waals surface area contributed by atoms with Crippen LogP contribution in [0.5, 0.6) is 0 Å². The lowest BCUT2D eigenvalue weighted by atomic mass is 10.2. The Bertz CT molecular complexity index is 86.9. The molecule has 0 aromatic heterocycles. The lowest BCUT2D eigenvalue weighted by Crippen LogP contribution is -1.96. The smallest absolute Gasteiger partial charge is 0.0389 e.